The first-order valence-corrected chi connectivity index (χ1v) is 6.93. The molecule has 1 saturated carbocycles. The number of hydrogen-bond donors (Lipinski definition) is 1. The normalized spacial score (nSPS) is 35.7. The summed E-state index contributed by atoms with van der Waals surface area (Å²) in [6.45, 7) is 3.87. The van der Waals surface area contributed by atoms with Crippen molar-refractivity contribution in [3.05, 3.63) is 0 Å². The number of rotatable bonds is 3. The molecule has 0 aromatic rings. The largest absolute Gasteiger partial charge is 0.481 e. The van der Waals surface area contributed by atoms with Crippen molar-refractivity contribution in [2.45, 2.75) is 51.9 Å². The molecule has 0 radical (unpaired) electrons. The molecule has 0 amide bonds. The lowest BCUT2D eigenvalue weighted by atomic mass is 9.66. The minimum Gasteiger partial charge on any atom is -0.481 e. The summed E-state index contributed by atoms with van der Waals surface area (Å²) in [4.78, 5) is 11.6. The van der Waals surface area contributed by atoms with Gasteiger partial charge in [0.1, 0.15) is 0 Å². The lowest BCUT2D eigenvalue weighted by Gasteiger charge is -2.39. The van der Waals surface area contributed by atoms with Gasteiger partial charge in [-0.1, -0.05) is 6.92 Å². The third kappa shape index (κ3) is 3.01. The van der Waals surface area contributed by atoms with Gasteiger partial charge < -0.3 is 9.84 Å². The Morgan fingerprint density at radius 1 is 1.24 bits per heavy atom. The van der Waals surface area contributed by atoms with Crippen LogP contribution in [0.2, 0.25) is 0 Å². The zero-order valence-corrected chi connectivity index (χ0v) is 10.8. The van der Waals surface area contributed by atoms with E-state index in [1.165, 1.54) is 0 Å². The van der Waals surface area contributed by atoms with Gasteiger partial charge in [0.05, 0.1) is 5.41 Å². The third-order valence-electron chi connectivity index (χ3n) is 4.71. The zero-order chi connectivity index (χ0) is 12.3. The van der Waals surface area contributed by atoms with E-state index in [1.807, 2.05) is 0 Å². The van der Waals surface area contributed by atoms with Gasteiger partial charge in [-0.3, -0.25) is 4.79 Å². The second kappa shape index (κ2) is 5.38. The van der Waals surface area contributed by atoms with Gasteiger partial charge in [-0.05, 0) is 56.8 Å². The second-order valence-electron chi connectivity index (χ2n) is 6.03. The minimum absolute atomic E-state index is 0.422. The summed E-state index contributed by atoms with van der Waals surface area (Å²) < 4.78 is 5.35. The average Bonchev–Trinajstić information content (AvgIpc) is 2.33. The van der Waals surface area contributed by atoms with Crippen molar-refractivity contribution in [2.75, 3.05) is 13.2 Å². The zero-order valence-electron chi connectivity index (χ0n) is 10.8. The molecule has 2 aliphatic rings. The molecule has 17 heavy (non-hydrogen) atoms. The number of ether oxygens (including phenoxy) is 1. The van der Waals surface area contributed by atoms with E-state index >= 15 is 0 Å². The predicted octanol–water partition coefficient (Wildman–Crippen LogP) is 3.08. The van der Waals surface area contributed by atoms with Crippen LogP contribution in [0.3, 0.4) is 0 Å². The Balaban J connectivity index is 1.98. The molecule has 3 heteroatoms. The van der Waals surface area contributed by atoms with Gasteiger partial charge in [-0.15, -0.1) is 0 Å². The highest BCUT2D eigenvalue weighted by atomic mass is 16.5. The molecule has 1 saturated heterocycles. The van der Waals surface area contributed by atoms with Crippen LogP contribution >= 0.6 is 0 Å². The van der Waals surface area contributed by atoms with Crippen LogP contribution < -0.4 is 0 Å². The Hall–Kier alpha value is -0.570. The van der Waals surface area contributed by atoms with E-state index in [0.717, 1.165) is 58.2 Å². The van der Waals surface area contributed by atoms with E-state index in [0.29, 0.717) is 11.8 Å². The van der Waals surface area contributed by atoms with Gasteiger partial charge >= 0.3 is 5.97 Å². The van der Waals surface area contributed by atoms with Crippen LogP contribution in [0.4, 0.5) is 0 Å². The molecular weight excluding hydrogens is 216 g/mol. The van der Waals surface area contributed by atoms with E-state index in [1.54, 1.807) is 0 Å². The first-order chi connectivity index (χ1) is 8.12. The summed E-state index contributed by atoms with van der Waals surface area (Å²) in [5, 5.41) is 9.57. The SMILES string of the molecule is CC1CCC(CC2CCOCC2)(C(=O)O)CC1. The predicted molar refractivity (Wildman–Crippen MR) is 65.9 cm³/mol. The summed E-state index contributed by atoms with van der Waals surface area (Å²) in [5.74, 6) is 0.710. The van der Waals surface area contributed by atoms with Crippen molar-refractivity contribution in [3.8, 4) is 0 Å². The number of hydrogen-bond acceptors (Lipinski definition) is 2. The molecule has 3 nitrogen and oxygen atoms in total. The molecule has 1 aliphatic carbocycles. The van der Waals surface area contributed by atoms with Gasteiger partial charge in [0.15, 0.2) is 0 Å². The fourth-order valence-electron chi connectivity index (χ4n) is 3.32. The maximum absolute atomic E-state index is 11.6. The molecular formula is C14H24O3. The Morgan fingerprint density at radius 3 is 2.35 bits per heavy atom. The van der Waals surface area contributed by atoms with Crippen LogP contribution in [0.5, 0.6) is 0 Å². The highest BCUT2D eigenvalue weighted by molar-refractivity contribution is 5.74. The summed E-state index contributed by atoms with van der Waals surface area (Å²) >= 11 is 0. The van der Waals surface area contributed by atoms with Crippen LogP contribution in [-0.2, 0) is 9.53 Å². The van der Waals surface area contributed by atoms with Crippen molar-refractivity contribution < 1.29 is 14.6 Å². The molecule has 0 bridgehead atoms. The van der Waals surface area contributed by atoms with Crippen LogP contribution in [0, 0.1) is 17.3 Å². The molecule has 1 heterocycles. The molecule has 0 unspecified atom stereocenters. The van der Waals surface area contributed by atoms with Crippen molar-refractivity contribution in [2.24, 2.45) is 17.3 Å². The maximum Gasteiger partial charge on any atom is 0.309 e. The molecule has 2 fully saturated rings. The third-order valence-corrected chi connectivity index (χ3v) is 4.71. The van der Waals surface area contributed by atoms with Crippen LogP contribution in [0.25, 0.3) is 0 Å². The van der Waals surface area contributed by atoms with Gasteiger partial charge in [0.2, 0.25) is 0 Å². The summed E-state index contributed by atoms with van der Waals surface area (Å²) in [6, 6.07) is 0. The number of carbonyl (C=O) groups is 1. The molecule has 98 valence electrons. The Bertz CT molecular complexity index is 261. The highest BCUT2D eigenvalue weighted by Crippen LogP contribution is 2.45. The van der Waals surface area contributed by atoms with E-state index in [2.05, 4.69) is 6.92 Å². The standard InChI is InChI=1S/C14H24O3/c1-11-2-6-14(7-3-11,13(15)16)10-12-4-8-17-9-5-12/h11-12H,2-10H2,1H3,(H,15,16). The summed E-state index contributed by atoms with van der Waals surface area (Å²) in [5.41, 5.74) is -0.422. The fourth-order valence-corrected chi connectivity index (χ4v) is 3.32. The molecule has 0 atom stereocenters. The van der Waals surface area contributed by atoms with Crippen molar-refractivity contribution in [3.63, 3.8) is 0 Å². The first-order valence-electron chi connectivity index (χ1n) is 6.93. The molecule has 0 aromatic heterocycles. The van der Waals surface area contributed by atoms with E-state index in [4.69, 9.17) is 4.74 Å². The van der Waals surface area contributed by atoms with E-state index < -0.39 is 11.4 Å². The van der Waals surface area contributed by atoms with Gasteiger partial charge in [-0.25, -0.2) is 0 Å². The number of carboxylic acids is 1. The topological polar surface area (TPSA) is 46.5 Å². The fraction of sp³-hybridized carbons (Fsp3) is 0.929. The number of aliphatic carboxylic acids is 1. The Morgan fingerprint density at radius 2 is 1.82 bits per heavy atom. The maximum atomic E-state index is 11.6. The molecule has 1 N–H and O–H groups in total. The quantitative estimate of drug-likeness (QED) is 0.824. The lowest BCUT2D eigenvalue weighted by molar-refractivity contribution is -0.153. The highest BCUT2D eigenvalue weighted by Gasteiger charge is 2.42. The van der Waals surface area contributed by atoms with Gasteiger partial charge in [0.25, 0.3) is 0 Å². The number of carboxylic acid groups (broad SMARTS) is 1. The summed E-state index contributed by atoms with van der Waals surface area (Å²) in [7, 11) is 0. The van der Waals surface area contributed by atoms with Gasteiger partial charge in [0, 0.05) is 13.2 Å². The molecule has 0 aromatic carbocycles. The molecule has 1 aliphatic heterocycles. The second-order valence-corrected chi connectivity index (χ2v) is 6.03. The molecule has 2 rings (SSSR count). The van der Waals surface area contributed by atoms with Gasteiger partial charge in [-0.2, -0.15) is 0 Å². The van der Waals surface area contributed by atoms with Crippen molar-refractivity contribution in [1.82, 2.24) is 0 Å². The monoisotopic (exact) mass is 240 g/mol. The average molecular weight is 240 g/mol. The summed E-state index contributed by atoms with van der Waals surface area (Å²) in [6.07, 6.45) is 6.88. The van der Waals surface area contributed by atoms with Crippen LogP contribution in [-0.4, -0.2) is 24.3 Å². The minimum atomic E-state index is -0.559. The first kappa shape index (κ1) is 12.9. The lowest BCUT2D eigenvalue weighted by Crippen LogP contribution is -2.38. The smallest absolute Gasteiger partial charge is 0.309 e. The van der Waals surface area contributed by atoms with E-state index in [-0.39, 0.29) is 0 Å². The molecule has 0 spiro atoms. The van der Waals surface area contributed by atoms with Crippen LogP contribution in [0.1, 0.15) is 51.9 Å². The van der Waals surface area contributed by atoms with Crippen LogP contribution in [0.15, 0.2) is 0 Å². The van der Waals surface area contributed by atoms with E-state index in [9.17, 15) is 9.90 Å². The Labute approximate surface area is 104 Å². The van der Waals surface area contributed by atoms with Crippen molar-refractivity contribution >= 4 is 5.97 Å². The Kier molecular flexibility index (Phi) is 4.08. The van der Waals surface area contributed by atoms with Crippen molar-refractivity contribution in [1.29, 1.82) is 0 Å².